The van der Waals surface area contributed by atoms with Gasteiger partial charge in [-0.2, -0.15) is 0 Å². The van der Waals surface area contributed by atoms with E-state index < -0.39 is 5.69 Å². The molecule has 0 atom stereocenters. The predicted octanol–water partition coefficient (Wildman–Crippen LogP) is 1.35. The van der Waals surface area contributed by atoms with E-state index >= 15 is 0 Å². The van der Waals surface area contributed by atoms with E-state index in [1.54, 1.807) is 0 Å². The summed E-state index contributed by atoms with van der Waals surface area (Å²) >= 11 is 1.50. The Morgan fingerprint density at radius 1 is 1.33 bits per heavy atom. The van der Waals surface area contributed by atoms with Crippen molar-refractivity contribution in [3.8, 4) is 10.6 Å². The van der Waals surface area contributed by atoms with Gasteiger partial charge in [-0.1, -0.05) is 13.0 Å². The Morgan fingerprint density at radius 3 is 2.73 bits per heavy atom. The van der Waals surface area contributed by atoms with Crippen LogP contribution in [0, 0.1) is 0 Å². The summed E-state index contributed by atoms with van der Waals surface area (Å²) in [7, 11) is 0. The molecular formula is C10H10N2O2S. The molecule has 0 aromatic carbocycles. The molecule has 0 aliphatic heterocycles. The van der Waals surface area contributed by atoms with Gasteiger partial charge in [0.05, 0.1) is 10.6 Å². The Balaban J connectivity index is 2.75. The molecule has 2 aromatic heterocycles. The zero-order valence-electron chi connectivity index (χ0n) is 8.16. The van der Waals surface area contributed by atoms with Crippen molar-refractivity contribution in [1.29, 1.82) is 0 Å². The topological polar surface area (TPSA) is 65.7 Å². The summed E-state index contributed by atoms with van der Waals surface area (Å²) in [5.41, 5.74) is 0.503. The van der Waals surface area contributed by atoms with Gasteiger partial charge in [0, 0.05) is 5.56 Å². The highest BCUT2D eigenvalue weighted by Gasteiger charge is 2.09. The lowest BCUT2D eigenvalue weighted by molar-refractivity contribution is 0.969. The van der Waals surface area contributed by atoms with Gasteiger partial charge in [-0.25, -0.2) is 4.79 Å². The minimum atomic E-state index is -0.458. The highest BCUT2D eigenvalue weighted by Crippen LogP contribution is 2.23. The van der Waals surface area contributed by atoms with E-state index in [1.165, 1.54) is 11.3 Å². The van der Waals surface area contributed by atoms with Gasteiger partial charge in [0.2, 0.25) is 0 Å². The maximum atomic E-state index is 11.5. The van der Waals surface area contributed by atoms with Gasteiger partial charge in [-0.3, -0.25) is 9.78 Å². The molecule has 0 unspecified atom stereocenters. The molecule has 0 aliphatic carbocycles. The zero-order valence-corrected chi connectivity index (χ0v) is 8.98. The van der Waals surface area contributed by atoms with Crippen LogP contribution in [0.5, 0.6) is 0 Å². The van der Waals surface area contributed by atoms with E-state index in [0.29, 0.717) is 17.7 Å². The summed E-state index contributed by atoms with van der Waals surface area (Å²) in [6.45, 7) is 1.89. The predicted molar refractivity (Wildman–Crippen MR) is 60.4 cm³/mol. The fourth-order valence-corrected chi connectivity index (χ4v) is 2.23. The van der Waals surface area contributed by atoms with Crippen LogP contribution < -0.4 is 11.2 Å². The number of aromatic amines is 2. The highest BCUT2D eigenvalue weighted by atomic mass is 32.1. The summed E-state index contributed by atoms with van der Waals surface area (Å²) in [5.74, 6) is 0. The molecule has 2 aromatic rings. The van der Waals surface area contributed by atoms with Gasteiger partial charge in [-0.05, 0) is 17.9 Å². The summed E-state index contributed by atoms with van der Waals surface area (Å²) in [6, 6.07) is 3.77. The third-order valence-corrected chi connectivity index (χ3v) is 3.05. The largest absolute Gasteiger partial charge is 0.326 e. The number of H-pyrrole nitrogens is 2. The maximum absolute atomic E-state index is 11.5. The summed E-state index contributed by atoms with van der Waals surface area (Å²) in [6.07, 6.45) is 0.597. The second-order valence-electron chi connectivity index (χ2n) is 3.09. The fourth-order valence-electron chi connectivity index (χ4n) is 1.48. The zero-order chi connectivity index (χ0) is 10.8. The van der Waals surface area contributed by atoms with Gasteiger partial charge in [0.1, 0.15) is 0 Å². The normalized spacial score (nSPS) is 10.5. The Kier molecular flexibility index (Phi) is 2.55. The average Bonchev–Trinajstić information content (AvgIpc) is 2.69. The molecule has 5 heteroatoms. The summed E-state index contributed by atoms with van der Waals surface area (Å²) < 4.78 is 0. The van der Waals surface area contributed by atoms with Crippen LogP contribution in [0.1, 0.15) is 12.5 Å². The number of hydrogen-bond donors (Lipinski definition) is 2. The molecule has 4 nitrogen and oxygen atoms in total. The third-order valence-electron chi connectivity index (χ3n) is 2.16. The SMILES string of the molecule is CCc1c(-c2cccs2)[nH]c(=O)[nH]c1=O. The summed E-state index contributed by atoms with van der Waals surface area (Å²) in [5, 5.41) is 1.91. The Bertz CT molecular complexity index is 566. The standard InChI is InChI=1S/C10H10N2O2S/c1-2-6-8(7-4-3-5-15-7)11-10(14)12-9(6)13/h3-5H,2H2,1H3,(H2,11,12,13,14). The number of aromatic nitrogens is 2. The van der Waals surface area contributed by atoms with Gasteiger partial charge >= 0.3 is 5.69 Å². The van der Waals surface area contributed by atoms with Crippen LogP contribution in [-0.4, -0.2) is 9.97 Å². The molecule has 0 spiro atoms. The van der Waals surface area contributed by atoms with Gasteiger partial charge < -0.3 is 4.98 Å². The van der Waals surface area contributed by atoms with Gasteiger partial charge in [0.25, 0.3) is 5.56 Å². The number of rotatable bonds is 2. The van der Waals surface area contributed by atoms with Crippen molar-refractivity contribution < 1.29 is 0 Å². The van der Waals surface area contributed by atoms with Crippen molar-refractivity contribution in [3.63, 3.8) is 0 Å². The fraction of sp³-hybridized carbons (Fsp3) is 0.200. The van der Waals surface area contributed by atoms with Crippen LogP contribution in [0.15, 0.2) is 27.1 Å². The molecule has 0 radical (unpaired) electrons. The number of nitrogens with one attached hydrogen (secondary N) is 2. The van der Waals surface area contributed by atoms with Gasteiger partial charge in [-0.15, -0.1) is 11.3 Å². The Labute approximate surface area is 89.6 Å². The lowest BCUT2D eigenvalue weighted by Gasteiger charge is -2.02. The van der Waals surface area contributed by atoms with Crippen molar-refractivity contribution in [2.45, 2.75) is 13.3 Å². The first-order valence-corrected chi connectivity index (χ1v) is 5.49. The second-order valence-corrected chi connectivity index (χ2v) is 4.04. The molecule has 0 aliphatic rings. The quantitative estimate of drug-likeness (QED) is 0.805. The minimum absolute atomic E-state index is 0.301. The average molecular weight is 222 g/mol. The van der Waals surface area contributed by atoms with Crippen LogP contribution >= 0.6 is 11.3 Å². The second kappa shape index (κ2) is 3.86. The van der Waals surface area contributed by atoms with Crippen molar-refractivity contribution in [2.75, 3.05) is 0 Å². The van der Waals surface area contributed by atoms with Crippen molar-refractivity contribution in [1.82, 2.24) is 9.97 Å². The van der Waals surface area contributed by atoms with Crippen LogP contribution in [-0.2, 0) is 6.42 Å². The van der Waals surface area contributed by atoms with Crippen LogP contribution in [0.2, 0.25) is 0 Å². The van der Waals surface area contributed by atoms with Crippen LogP contribution in [0.25, 0.3) is 10.6 Å². The lowest BCUT2D eigenvalue weighted by atomic mass is 10.1. The van der Waals surface area contributed by atoms with Crippen molar-refractivity contribution >= 4 is 11.3 Å². The van der Waals surface area contributed by atoms with E-state index in [-0.39, 0.29) is 5.56 Å². The Hall–Kier alpha value is -1.62. The molecule has 0 amide bonds. The minimum Gasteiger partial charge on any atom is -0.306 e. The first-order valence-electron chi connectivity index (χ1n) is 4.61. The first-order chi connectivity index (χ1) is 7.22. The molecule has 2 rings (SSSR count). The number of hydrogen-bond acceptors (Lipinski definition) is 3. The molecule has 0 saturated carbocycles. The highest BCUT2D eigenvalue weighted by molar-refractivity contribution is 7.13. The van der Waals surface area contributed by atoms with Crippen molar-refractivity contribution in [3.05, 3.63) is 43.9 Å². The molecule has 0 saturated heterocycles. The van der Waals surface area contributed by atoms with Crippen LogP contribution in [0.3, 0.4) is 0 Å². The van der Waals surface area contributed by atoms with E-state index in [1.807, 2.05) is 24.4 Å². The van der Waals surface area contributed by atoms with Crippen LogP contribution in [0.4, 0.5) is 0 Å². The smallest absolute Gasteiger partial charge is 0.306 e. The van der Waals surface area contributed by atoms with Crippen molar-refractivity contribution in [2.24, 2.45) is 0 Å². The first kappa shape index (κ1) is 9.92. The molecule has 0 fully saturated rings. The third kappa shape index (κ3) is 1.78. The van der Waals surface area contributed by atoms with E-state index in [2.05, 4.69) is 9.97 Å². The molecule has 0 bridgehead atoms. The molecular weight excluding hydrogens is 212 g/mol. The molecule has 15 heavy (non-hydrogen) atoms. The van der Waals surface area contributed by atoms with Gasteiger partial charge in [0.15, 0.2) is 0 Å². The Morgan fingerprint density at radius 2 is 2.13 bits per heavy atom. The van der Waals surface area contributed by atoms with E-state index in [0.717, 1.165) is 4.88 Å². The summed E-state index contributed by atoms with van der Waals surface area (Å²) in [4.78, 5) is 28.5. The monoisotopic (exact) mass is 222 g/mol. The molecule has 2 N–H and O–H groups in total. The van der Waals surface area contributed by atoms with E-state index in [9.17, 15) is 9.59 Å². The van der Waals surface area contributed by atoms with E-state index in [4.69, 9.17) is 0 Å². The lowest BCUT2D eigenvalue weighted by Crippen LogP contribution is -2.26. The molecule has 78 valence electrons. The maximum Gasteiger partial charge on any atom is 0.326 e. The number of thiophene rings is 1. The molecule has 2 heterocycles.